The van der Waals surface area contributed by atoms with Crippen molar-refractivity contribution in [2.45, 2.75) is 56.9 Å². The lowest BCUT2D eigenvalue weighted by molar-refractivity contribution is -0.122. The molecule has 1 fully saturated rings. The van der Waals surface area contributed by atoms with Crippen molar-refractivity contribution in [3.05, 3.63) is 29.8 Å². The Morgan fingerprint density at radius 2 is 1.67 bits per heavy atom. The van der Waals surface area contributed by atoms with Crippen molar-refractivity contribution in [3.63, 3.8) is 0 Å². The smallest absolute Gasteiger partial charge is 0.251 e. The van der Waals surface area contributed by atoms with Crippen molar-refractivity contribution in [1.29, 1.82) is 0 Å². The van der Waals surface area contributed by atoms with E-state index in [1.54, 1.807) is 6.92 Å². The number of sulfonamides is 1. The van der Waals surface area contributed by atoms with Gasteiger partial charge in [-0.2, -0.15) is 4.31 Å². The van der Waals surface area contributed by atoms with E-state index in [1.165, 1.54) is 28.6 Å². The van der Waals surface area contributed by atoms with Crippen LogP contribution in [0.3, 0.4) is 0 Å². The largest absolute Gasteiger partial charge is 0.354 e. The predicted octanol–water partition coefficient (Wildman–Crippen LogP) is 1.90. The molecule has 0 bridgehead atoms. The van der Waals surface area contributed by atoms with E-state index in [-0.39, 0.29) is 10.8 Å². The van der Waals surface area contributed by atoms with Gasteiger partial charge in [0.1, 0.15) is 6.04 Å². The first kappa shape index (κ1) is 21.4. The van der Waals surface area contributed by atoms with Crippen molar-refractivity contribution in [2.75, 3.05) is 19.6 Å². The van der Waals surface area contributed by atoms with Crippen molar-refractivity contribution in [1.82, 2.24) is 14.9 Å². The van der Waals surface area contributed by atoms with E-state index in [2.05, 4.69) is 10.6 Å². The fraction of sp³-hybridized carbons (Fsp3) is 0.579. The molecule has 0 aliphatic carbocycles. The molecule has 0 spiro atoms. The molecular formula is C19H29N3O4S. The summed E-state index contributed by atoms with van der Waals surface area (Å²) in [5, 5.41) is 5.34. The van der Waals surface area contributed by atoms with Gasteiger partial charge in [0.05, 0.1) is 4.90 Å². The summed E-state index contributed by atoms with van der Waals surface area (Å²) >= 11 is 0. The van der Waals surface area contributed by atoms with Crippen molar-refractivity contribution < 1.29 is 18.0 Å². The van der Waals surface area contributed by atoms with E-state index in [4.69, 9.17) is 0 Å². The lowest BCUT2D eigenvalue weighted by Crippen LogP contribution is -2.45. The third-order valence-corrected chi connectivity index (χ3v) is 6.52. The summed E-state index contributed by atoms with van der Waals surface area (Å²) in [6, 6.07) is 5.21. The van der Waals surface area contributed by atoms with E-state index in [9.17, 15) is 18.0 Å². The second-order valence-corrected chi connectivity index (χ2v) is 8.77. The Morgan fingerprint density at radius 1 is 1.07 bits per heavy atom. The quantitative estimate of drug-likeness (QED) is 0.737. The molecule has 1 aliphatic rings. The maximum atomic E-state index is 12.8. The second kappa shape index (κ2) is 9.85. The number of benzene rings is 1. The maximum Gasteiger partial charge on any atom is 0.251 e. The third kappa shape index (κ3) is 5.77. The molecular weight excluding hydrogens is 366 g/mol. The van der Waals surface area contributed by atoms with Gasteiger partial charge in [0.25, 0.3) is 5.91 Å². The molecule has 1 heterocycles. The minimum Gasteiger partial charge on any atom is -0.354 e. The highest BCUT2D eigenvalue weighted by molar-refractivity contribution is 7.89. The Kier molecular flexibility index (Phi) is 7.79. The third-order valence-electron chi connectivity index (χ3n) is 4.61. The highest BCUT2D eigenvalue weighted by Crippen LogP contribution is 2.20. The molecule has 2 amide bonds. The van der Waals surface area contributed by atoms with Gasteiger partial charge in [0.2, 0.25) is 15.9 Å². The van der Waals surface area contributed by atoms with E-state index < -0.39 is 22.0 Å². The van der Waals surface area contributed by atoms with E-state index in [0.717, 1.165) is 32.1 Å². The van der Waals surface area contributed by atoms with Crippen LogP contribution in [-0.4, -0.2) is 50.2 Å². The first-order chi connectivity index (χ1) is 12.9. The summed E-state index contributed by atoms with van der Waals surface area (Å²) in [5.74, 6) is -0.654. The zero-order valence-corrected chi connectivity index (χ0v) is 16.8. The Bertz CT molecular complexity index is 739. The highest BCUT2D eigenvalue weighted by Gasteiger charge is 2.25. The Labute approximate surface area is 161 Å². The summed E-state index contributed by atoms with van der Waals surface area (Å²) < 4.78 is 27.0. The second-order valence-electron chi connectivity index (χ2n) is 6.83. The molecule has 1 aromatic carbocycles. The van der Waals surface area contributed by atoms with Gasteiger partial charge in [-0.25, -0.2) is 8.42 Å². The summed E-state index contributed by atoms with van der Waals surface area (Å²) in [7, 11) is -3.54. The molecule has 1 saturated heterocycles. The molecule has 1 aliphatic heterocycles. The van der Waals surface area contributed by atoms with Gasteiger partial charge in [0.15, 0.2) is 0 Å². The molecule has 1 atom stereocenters. The average Bonchev–Trinajstić information content (AvgIpc) is 2.96. The summed E-state index contributed by atoms with van der Waals surface area (Å²) in [4.78, 5) is 24.3. The number of hydrogen-bond acceptors (Lipinski definition) is 4. The van der Waals surface area contributed by atoms with Gasteiger partial charge >= 0.3 is 0 Å². The molecule has 150 valence electrons. The number of carbonyl (C=O) groups excluding carboxylic acids is 2. The van der Waals surface area contributed by atoms with Gasteiger partial charge in [-0.3, -0.25) is 9.59 Å². The Morgan fingerprint density at radius 3 is 2.22 bits per heavy atom. The van der Waals surface area contributed by atoms with Crippen LogP contribution in [0, 0.1) is 0 Å². The maximum absolute atomic E-state index is 12.8. The van der Waals surface area contributed by atoms with E-state index >= 15 is 0 Å². The Hall–Kier alpha value is -1.93. The summed E-state index contributed by atoms with van der Waals surface area (Å²) in [6.07, 6.45) is 4.67. The van der Waals surface area contributed by atoms with Crippen LogP contribution >= 0.6 is 0 Å². The van der Waals surface area contributed by atoms with Crippen LogP contribution in [-0.2, 0) is 14.8 Å². The number of amides is 2. The van der Waals surface area contributed by atoms with Crippen LogP contribution in [0.25, 0.3) is 0 Å². The number of hydrogen-bond donors (Lipinski definition) is 2. The van der Waals surface area contributed by atoms with Gasteiger partial charge < -0.3 is 10.6 Å². The molecule has 0 saturated carbocycles. The monoisotopic (exact) mass is 395 g/mol. The van der Waals surface area contributed by atoms with Gasteiger partial charge in [-0.05, 0) is 50.5 Å². The van der Waals surface area contributed by atoms with Crippen molar-refractivity contribution >= 4 is 21.8 Å². The highest BCUT2D eigenvalue weighted by atomic mass is 32.2. The van der Waals surface area contributed by atoms with Crippen LogP contribution in [0.4, 0.5) is 0 Å². The molecule has 8 heteroatoms. The number of carbonyl (C=O) groups is 2. The van der Waals surface area contributed by atoms with Crippen molar-refractivity contribution in [3.8, 4) is 0 Å². The molecule has 27 heavy (non-hydrogen) atoms. The normalized spacial score (nSPS) is 17.0. The van der Waals surface area contributed by atoms with Crippen LogP contribution in [0.1, 0.15) is 56.3 Å². The molecule has 0 aromatic heterocycles. The zero-order valence-electron chi connectivity index (χ0n) is 16.0. The minimum absolute atomic E-state index is 0.190. The topological polar surface area (TPSA) is 95.6 Å². The summed E-state index contributed by atoms with van der Waals surface area (Å²) in [5.41, 5.74) is 0.319. The molecule has 7 nitrogen and oxygen atoms in total. The number of nitrogens with one attached hydrogen (secondary N) is 2. The summed E-state index contributed by atoms with van der Waals surface area (Å²) in [6.45, 7) is 5.19. The fourth-order valence-corrected chi connectivity index (χ4v) is 4.47. The predicted molar refractivity (Wildman–Crippen MR) is 104 cm³/mol. The molecule has 1 aromatic rings. The lowest BCUT2D eigenvalue weighted by Gasteiger charge is -2.20. The fourth-order valence-electron chi connectivity index (χ4n) is 2.96. The first-order valence-electron chi connectivity index (χ1n) is 9.55. The Balaban J connectivity index is 2.03. The molecule has 0 radical (unpaired) electrons. The van der Waals surface area contributed by atoms with Crippen LogP contribution in [0.15, 0.2) is 29.2 Å². The lowest BCUT2D eigenvalue weighted by atomic mass is 10.2. The van der Waals surface area contributed by atoms with Gasteiger partial charge in [0, 0.05) is 25.2 Å². The zero-order chi connectivity index (χ0) is 19.9. The van der Waals surface area contributed by atoms with Gasteiger partial charge in [-0.1, -0.05) is 19.8 Å². The first-order valence-corrected chi connectivity index (χ1v) is 11.0. The van der Waals surface area contributed by atoms with Crippen LogP contribution < -0.4 is 10.6 Å². The standard InChI is InChI=1S/C19H29N3O4S/c1-3-12-20-18(23)15(2)21-19(24)16-8-10-17(11-9-16)27(25,26)22-13-6-4-5-7-14-22/h8-11,15H,3-7,12-14H2,1-2H3,(H,20,23)(H,21,24). The van der Waals surface area contributed by atoms with Crippen LogP contribution in [0.2, 0.25) is 0 Å². The molecule has 2 rings (SSSR count). The number of nitrogens with zero attached hydrogens (tertiary/aromatic N) is 1. The van der Waals surface area contributed by atoms with E-state index in [0.29, 0.717) is 25.2 Å². The van der Waals surface area contributed by atoms with Crippen LogP contribution in [0.5, 0.6) is 0 Å². The van der Waals surface area contributed by atoms with Crippen molar-refractivity contribution in [2.24, 2.45) is 0 Å². The van der Waals surface area contributed by atoms with E-state index in [1.807, 2.05) is 6.92 Å². The van der Waals surface area contributed by atoms with Gasteiger partial charge in [-0.15, -0.1) is 0 Å². The number of rotatable bonds is 7. The molecule has 2 N–H and O–H groups in total. The SMILES string of the molecule is CCCNC(=O)C(C)NC(=O)c1ccc(S(=O)(=O)N2CCCCCC2)cc1. The average molecular weight is 396 g/mol. The minimum atomic E-state index is -3.54. The molecule has 1 unspecified atom stereocenters.